The number of amides is 1. The van der Waals surface area contributed by atoms with E-state index in [1.807, 2.05) is 53.4 Å². The molecular formula is C19H17N3O2. The Hall–Kier alpha value is -2.79. The molecule has 1 aliphatic heterocycles. The molecule has 0 bridgehead atoms. The molecule has 120 valence electrons. The number of rotatable bonds is 2. The summed E-state index contributed by atoms with van der Waals surface area (Å²) in [6.07, 6.45) is 1.73. The van der Waals surface area contributed by atoms with Crippen molar-refractivity contribution in [3.63, 3.8) is 0 Å². The highest BCUT2D eigenvalue weighted by Gasteiger charge is 2.21. The average Bonchev–Trinajstić information content (AvgIpc) is 2.68. The molecule has 0 atom stereocenters. The van der Waals surface area contributed by atoms with Gasteiger partial charge in [-0.3, -0.25) is 9.78 Å². The van der Waals surface area contributed by atoms with Gasteiger partial charge in [0.1, 0.15) is 0 Å². The van der Waals surface area contributed by atoms with E-state index < -0.39 is 0 Å². The maximum Gasteiger partial charge on any atom is 0.254 e. The third-order valence-electron chi connectivity index (χ3n) is 4.17. The van der Waals surface area contributed by atoms with Crippen LogP contribution in [0.15, 0.2) is 54.7 Å². The summed E-state index contributed by atoms with van der Waals surface area (Å²) in [4.78, 5) is 23.9. The summed E-state index contributed by atoms with van der Waals surface area (Å²) in [6.45, 7) is 2.41. The summed E-state index contributed by atoms with van der Waals surface area (Å²) in [6, 6.07) is 15.3. The van der Waals surface area contributed by atoms with E-state index in [1.54, 1.807) is 6.20 Å². The quantitative estimate of drug-likeness (QED) is 0.729. The SMILES string of the molecule is O=C(c1cc(-c2ccccn2)nc2ccccc12)N1CCOCC1. The Labute approximate surface area is 139 Å². The van der Waals surface area contributed by atoms with E-state index in [0.29, 0.717) is 37.6 Å². The number of carbonyl (C=O) groups is 1. The highest BCUT2D eigenvalue weighted by Crippen LogP contribution is 2.25. The van der Waals surface area contributed by atoms with Crippen molar-refractivity contribution in [3.05, 3.63) is 60.3 Å². The molecule has 5 nitrogen and oxygen atoms in total. The largest absolute Gasteiger partial charge is 0.378 e. The van der Waals surface area contributed by atoms with Crippen LogP contribution in [0.5, 0.6) is 0 Å². The maximum absolute atomic E-state index is 13.0. The Bertz CT molecular complexity index is 874. The van der Waals surface area contributed by atoms with Crippen molar-refractivity contribution in [2.24, 2.45) is 0 Å². The number of aromatic nitrogens is 2. The first-order valence-electron chi connectivity index (χ1n) is 8.01. The third-order valence-corrected chi connectivity index (χ3v) is 4.17. The summed E-state index contributed by atoms with van der Waals surface area (Å²) in [5.41, 5.74) is 2.95. The molecule has 1 amide bonds. The zero-order valence-corrected chi connectivity index (χ0v) is 13.2. The van der Waals surface area contributed by atoms with Gasteiger partial charge in [-0.2, -0.15) is 0 Å². The lowest BCUT2D eigenvalue weighted by Crippen LogP contribution is -2.40. The van der Waals surface area contributed by atoms with Crippen molar-refractivity contribution < 1.29 is 9.53 Å². The molecule has 0 spiro atoms. The Balaban J connectivity index is 1.85. The molecule has 3 aromatic rings. The number of hydrogen-bond acceptors (Lipinski definition) is 4. The molecule has 1 aliphatic rings. The van der Waals surface area contributed by atoms with Crippen LogP contribution in [0.4, 0.5) is 0 Å². The molecule has 0 unspecified atom stereocenters. The third kappa shape index (κ3) is 2.74. The Morgan fingerprint density at radius 1 is 1.00 bits per heavy atom. The molecule has 0 saturated carbocycles. The molecule has 1 saturated heterocycles. The predicted molar refractivity (Wildman–Crippen MR) is 91.7 cm³/mol. The van der Waals surface area contributed by atoms with Crippen LogP contribution in [-0.2, 0) is 4.74 Å². The van der Waals surface area contributed by atoms with Crippen LogP contribution in [0.1, 0.15) is 10.4 Å². The van der Waals surface area contributed by atoms with Crippen LogP contribution in [-0.4, -0.2) is 47.1 Å². The highest BCUT2D eigenvalue weighted by atomic mass is 16.5. The molecule has 2 aromatic heterocycles. The van der Waals surface area contributed by atoms with Gasteiger partial charge in [0.25, 0.3) is 5.91 Å². The van der Waals surface area contributed by atoms with Crippen molar-refractivity contribution in [2.75, 3.05) is 26.3 Å². The van der Waals surface area contributed by atoms with Gasteiger partial charge in [-0.05, 0) is 24.3 Å². The first-order valence-corrected chi connectivity index (χ1v) is 8.01. The molecule has 3 heterocycles. The number of benzene rings is 1. The van der Waals surface area contributed by atoms with Crippen LogP contribution < -0.4 is 0 Å². The second-order valence-corrected chi connectivity index (χ2v) is 5.69. The van der Waals surface area contributed by atoms with Gasteiger partial charge in [-0.15, -0.1) is 0 Å². The summed E-state index contributed by atoms with van der Waals surface area (Å²) in [5, 5.41) is 0.869. The first kappa shape index (κ1) is 14.8. The molecule has 0 N–H and O–H groups in total. The molecular weight excluding hydrogens is 302 g/mol. The van der Waals surface area contributed by atoms with Crippen LogP contribution in [0.2, 0.25) is 0 Å². The molecule has 0 aliphatic carbocycles. The van der Waals surface area contributed by atoms with Crippen molar-refractivity contribution in [1.82, 2.24) is 14.9 Å². The van der Waals surface area contributed by atoms with Crippen molar-refractivity contribution in [1.29, 1.82) is 0 Å². The second-order valence-electron chi connectivity index (χ2n) is 5.69. The Kier molecular flexibility index (Phi) is 3.92. The van der Waals surface area contributed by atoms with E-state index in [2.05, 4.69) is 9.97 Å². The Morgan fingerprint density at radius 3 is 2.58 bits per heavy atom. The Morgan fingerprint density at radius 2 is 1.79 bits per heavy atom. The van der Waals surface area contributed by atoms with Crippen LogP contribution in [0.25, 0.3) is 22.3 Å². The van der Waals surface area contributed by atoms with E-state index in [1.165, 1.54) is 0 Å². The standard InChI is InChI=1S/C19H17N3O2/c23-19(22-9-11-24-12-10-22)15-13-18(17-7-3-4-8-20-17)21-16-6-2-1-5-14(15)16/h1-8,13H,9-12H2. The molecule has 24 heavy (non-hydrogen) atoms. The van der Waals surface area contributed by atoms with E-state index >= 15 is 0 Å². The average molecular weight is 319 g/mol. The van der Waals surface area contributed by atoms with Crippen molar-refractivity contribution >= 4 is 16.8 Å². The number of nitrogens with zero attached hydrogens (tertiary/aromatic N) is 3. The van der Waals surface area contributed by atoms with Gasteiger partial charge < -0.3 is 9.64 Å². The highest BCUT2D eigenvalue weighted by molar-refractivity contribution is 6.07. The van der Waals surface area contributed by atoms with Gasteiger partial charge in [0.05, 0.1) is 35.7 Å². The monoisotopic (exact) mass is 319 g/mol. The maximum atomic E-state index is 13.0. The smallest absolute Gasteiger partial charge is 0.254 e. The zero-order chi connectivity index (χ0) is 16.4. The van der Waals surface area contributed by atoms with Crippen molar-refractivity contribution in [2.45, 2.75) is 0 Å². The minimum absolute atomic E-state index is 0.0223. The molecule has 4 rings (SSSR count). The molecule has 1 fully saturated rings. The van der Waals surface area contributed by atoms with E-state index in [9.17, 15) is 4.79 Å². The van der Waals surface area contributed by atoms with Gasteiger partial charge in [0, 0.05) is 24.7 Å². The lowest BCUT2D eigenvalue weighted by atomic mass is 10.0. The van der Waals surface area contributed by atoms with Crippen molar-refractivity contribution in [3.8, 4) is 11.4 Å². The number of morpholine rings is 1. The zero-order valence-electron chi connectivity index (χ0n) is 13.2. The van der Waals surface area contributed by atoms with Gasteiger partial charge >= 0.3 is 0 Å². The van der Waals surface area contributed by atoms with Gasteiger partial charge in [0.2, 0.25) is 0 Å². The minimum Gasteiger partial charge on any atom is -0.378 e. The van der Waals surface area contributed by atoms with Gasteiger partial charge in [0.15, 0.2) is 0 Å². The number of hydrogen-bond donors (Lipinski definition) is 0. The first-order chi connectivity index (χ1) is 11.8. The summed E-state index contributed by atoms with van der Waals surface area (Å²) in [7, 11) is 0. The fourth-order valence-corrected chi connectivity index (χ4v) is 2.93. The van der Waals surface area contributed by atoms with E-state index in [4.69, 9.17) is 4.74 Å². The number of para-hydroxylation sites is 1. The topological polar surface area (TPSA) is 55.3 Å². The fourth-order valence-electron chi connectivity index (χ4n) is 2.93. The lowest BCUT2D eigenvalue weighted by molar-refractivity contribution is 0.0304. The summed E-state index contributed by atoms with van der Waals surface area (Å²) < 4.78 is 5.35. The summed E-state index contributed by atoms with van der Waals surface area (Å²) in [5.74, 6) is 0.0223. The van der Waals surface area contributed by atoms with Gasteiger partial charge in [-0.25, -0.2) is 4.98 Å². The normalized spacial score (nSPS) is 14.8. The van der Waals surface area contributed by atoms with Crippen LogP contribution in [0.3, 0.4) is 0 Å². The molecule has 1 aromatic carbocycles. The van der Waals surface area contributed by atoms with E-state index in [-0.39, 0.29) is 5.91 Å². The summed E-state index contributed by atoms with van der Waals surface area (Å²) >= 11 is 0. The fraction of sp³-hybridized carbons (Fsp3) is 0.211. The number of fused-ring (bicyclic) bond motifs is 1. The van der Waals surface area contributed by atoms with Crippen LogP contribution in [0, 0.1) is 0 Å². The minimum atomic E-state index is 0.0223. The number of carbonyl (C=O) groups excluding carboxylic acids is 1. The number of pyridine rings is 2. The molecule has 5 heteroatoms. The van der Waals surface area contributed by atoms with Crippen LogP contribution >= 0.6 is 0 Å². The molecule has 0 radical (unpaired) electrons. The number of ether oxygens (including phenoxy) is 1. The van der Waals surface area contributed by atoms with Gasteiger partial charge in [-0.1, -0.05) is 24.3 Å². The second kappa shape index (κ2) is 6.37. The lowest BCUT2D eigenvalue weighted by Gasteiger charge is -2.27. The predicted octanol–water partition coefficient (Wildman–Crippen LogP) is 2.77. The van der Waals surface area contributed by atoms with E-state index in [0.717, 1.165) is 16.6 Å².